The summed E-state index contributed by atoms with van der Waals surface area (Å²) in [5, 5.41) is 2.86. The zero-order valence-electron chi connectivity index (χ0n) is 13.4. The summed E-state index contributed by atoms with van der Waals surface area (Å²) in [6, 6.07) is 4.45. The first-order chi connectivity index (χ1) is 9.74. The van der Waals surface area contributed by atoms with Crippen LogP contribution in [0.25, 0.3) is 0 Å². The molecular formula is C17H29FN2. The van der Waals surface area contributed by atoms with Crippen LogP contribution in [-0.2, 0) is 19.3 Å². The Morgan fingerprint density at radius 2 is 1.75 bits per heavy atom. The summed E-state index contributed by atoms with van der Waals surface area (Å²) in [5.74, 6) is 0. The minimum absolute atomic E-state index is 0.491. The van der Waals surface area contributed by atoms with E-state index in [0.29, 0.717) is 0 Å². The van der Waals surface area contributed by atoms with E-state index in [4.69, 9.17) is 0 Å². The number of rotatable bonds is 4. The maximum absolute atomic E-state index is 12.6. The number of fused-ring (bicyclic) bond motifs is 1. The predicted octanol–water partition coefficient (Wildman–Crippen LogP) is 4.03. The van der Waals surface area contributed by atoms with E-state index in [9.17, 15) is 4.39 Å². The summed E-state index contributed by atoms with van der Waals surface area (Å²) in [7, 11) is 2.17. The van der Waals surface area contributed by atoms with Gasteiger partial charge in [-0.15, -0.1) is 0 Å². The number of likely N-dealkylation sites (N-methyl/N-ethyl adjacent to an activating group) is 1. The molecule has 2 nitrogen and oxygen atoms in total. The molecule has 0 saturated heterocycles. The number of aryl methyl sites for hydroxylation is 1. The molecule has 0 aliphatic carbocycles. The van der Waals surface area contributed by atoms with Crippen molar-refractivity contribution in [2.45, 2.75) is 46.5 Å². The predicted molar refractivity (Wildman–Crippen MR) is 86.3 cm³/mol. The van der Waals surface area contributed by atoms with Crippen LogP contribution in [0, 0.1) is 0 Å². The van der Waals surface area contributed by atoms with Crippen molar-refractivity contribution in [3.8, 4) is 0 Å². The molecule has 1 N–H and O–H groups in total. The van der Waals surface area contributed by atoms with E-state index < -0.39 is 6.80 Å². The van der Waals surface area contributed by atoms with Gasteiger partial charge < -0.3 is 10.2 Å². The van der Waals surface area contributed by atoms with Crippen LogP contribution in [0.3, 0.4) is 0 Å². The Hall–Kier alpha value is -1.09. The Kier molecular flexibility index (Phi) is 7.60. The number of hydrogen-bond acceptors (Lipinski definition) is 2. The van der Waals surface area contributed by atoms with Gasteiger partial charge in [0.15, 0.2) is 6.80 Å². The summed E-state index contributed by atoms with van der Waals surface area (Å²) >= 11 is 0. The number of nitrogens with one attached hydrogen (secondary N) is 1. The third-order valence-electron chi connectivity index (χ3n) is 3.73. The monoisotopic (exact) mass is 280 g/mol. The summed E-state index contributed by atoms with van der Waals surface area (Å²) in [5.41, 5.74) is 5.09. The summed E-state index contributed by atoms with van der Waals surface area (Å²) < 4.78 is 12.6. The second-order valence-corrected chi connectivity index (χ2v) is 5.14. The summed E-state index contributed by atoms with van der Waals surface area (Å²) in [6.45, 7) is 7.89. The van der Waals surface area contributed by atoms with E-state index in [1.807, 2.05) is 13.8 Å². The molecule has 114 valence electrons. The number of anilines is 1. The number of benzene rings is 1. The van der Waals surface area contributed by atoms with E-state index >= 15 is 0 Å². The number of alkyl halides is 1. The smallest absolute Gasteiger partial charge is 0.159 e. The average molecular weight is 280 g/mol. The highest BCUT2D eigenvalue weighted by Gasteiger charge is 2.14. The first kappa shape index (κ1) is 17.0. The molecule has 1 aliphatic rings. The summed E-state index contributed by atoms with van der Waals surface area (Å²) in [4.78, 5) is 2.36. The molecule has 20 heavy (non-hydrogen) atoms. The first-order valence-corrected chi connectivity index (χ1v) is 7.87. The minimum Gasteiger partial charge on any atom is -0.358 e. The van der Waals surface area contributed by atoms with Gasteiger partial charge in [0.25, 0.3) is 0 Å². The molecule has 0 aromatic heterocycles. The van der Waals surface area contributed by atoms with Crippen LogP contribution in [0.4, 0.5) is 10.1 Å². The van der Waals surface area contributed by atoms with Gasteiger partial charge in [-0.25, -0.2) is 4.39 Å². The maximum Gasteiger partial charge on any atom is 0.159 e. The van der Waals surface area contributed by atoms with Crippen molar-refractivity contribution in [3.05, 3.63) is 28.8 Å². The van der Waals surface area contributed by atoms with Crippen molar-refractivity contribution in [2.24, 2.45) is 0 Å². The molecule has 0 saturated carbocycles. The molecule has 0 amide bonds. The number of hydrogen-bond donors (Lipinski definition) is 1. The Morgan fingerprint density at radius 3 is 2.30 bits per heavy atom. The van der Waals surface area contributed by atoms with Crippen LogP contribution in [0.2, 0.25) is 0 Å². The van der Waals surface area contributed by atoms with E-state index in [2.05, 4.69) is 36.3 Å². The highest BCUT2D eigenvalue weighted by atomic mass is 19.1. The Labute approximate surface area is 123 Å². The molecule has 2 rings (SSSR count). The van der Waals surface area contributed by atoms with E-state index in [1.165, 1.54) is 16.7 Å². The second kappa shape index (κ2) is 8.96. The largest absolute Gasteiger partial charge is 0.358 e. The van der Waals surface area contributed by atoms with Crippen LogP contribution >= 0.6 is 0 Å². The third kappa shape index (κ3) is 4.48. The van der Waals surface area contributed by atoms with Gasteiger partial charge in [0.1, 0.15) is 0 Å². The fourth-order valence-electron chi connectivity index (χ4n) is 2.65. The lowest BCUT2D eigenvalue weighted by Crippen LogP contribution is -2.20. The fourth-order valence-corrected chi connectivity index (χ4v) is 2.65. The molecule has 0 bridgehead atoms. The quantitative estimate of drug-likeness (QED) is 0.838. The number of halogens is 1. The first-order valence-electron chi connectivity index (χ1n) is 7.87. The van der Waals surface area contributed by atoms with Crippen LogP contribution in [-0.4, -0.2) is 31.8 Å². The van der Waals surface area contributed by atoms with Crippen LogP contribution in [0.15, 0.2) is 12.1 Å². The van der Waals surface area contributed by atoms with Crippen molar-refractivity contribution in [3.63, 3.8) is 0 Å². The minimum atomic E-state index is -0.491. The Morgan fingerprint density at radius 1 is 1.15 bits per heavy atom. The van der Waals surface area contributed by atoms with Crippen LogP contribution in [0.1, 0.15) is 43.9 Å². The molecule has 0 fully saturated rings. The van der Waals surface area contributed by atoms with E-state index in [0.717, 1.165) is 44.5 Å². The van der Waals surface area contributed by atoms with Gasteiger partial charge in [0, 0.05) is 18.8 Å². The molecule has 1 aromatic rings. The zero-order valence-corrected chi connectivity index (χ0v) is 13.4. The average Bonchev–Trinajstić information content (AvgIpc) is 2.65. The molecule has 0 radical (unpaired) electrons. The van der Waals surface area contributed by atoms with Gasteiger partial charge in [-0.2, -0.15) is 0 Å². The lowest BCUT2D eigenvalue weighted by molar-refractivity contribution is 0.352. The van der Waals surface area contributed by atoms with Gasteiger partial charge in [0.05, 0.1) is 0 Å². The van der Waals surface area contributed by atoms with Crippen LogP contribution in [0.5, 0.6) is 0 Å². The van der Waals surface area contributed by atoms with Gasteiger partial charge in [-0.3, -0.25) is 0 Å². The Balaban J connectivity index is 0.000000956. The molecule has 0 atom stereocenters. The van der Waals surface area contributed by atoms with Crippen LogP contribution < -0.4 is 5.32 Å². The molecule has 0 spiro atoms. The fraction of sp³-hybridized carbons (Fsp3) is 0.647. The van der Waals surface area contributed by atoms with Crippen molar-refractivity contribution in [1.82, 2.24) is 4.90 Å². The molecule has 3 heteroatoms. The van der Waals surface area contributed by atoms with Gasteiger partial charge >= 0.3 is 0 Å². The van der Waals surface area contributed by atoms with Crippen molar-refractivity contribution in [1.29, 1.82) is 0 Å². The van der Waals surface area contributed by atoms with Crippen molar-refractivity contribution >= 4 is 5.69 Å². The molecule has 1 aliphatic heterocycles. The SMILES string of the molecule is CC.CCCc1cc2c(cc1NCF)CCN(C)CC2. The highest BCUT2D eigenvalue weighted by Crippen LogP contribution is 2.25. The molecular weight excluding hydrogens is 251 g/mol. The lowest BCUT2D eigenvalue weighted by Gasteiger charge is -2.14. The Bertz CT molecular complexity index is 367. The molecule has 0 unspecified atom stereocenters. The molecule has 1 aromatic carbocycles. The van der Waals surface area contributed by atoms with E-state index in [-0.39, 0.29) is 0 Å². The molecule has 1 heterocycles. The number of nitrogens with zero attached hydrogens (tertiary/aromatic N) is 1. The van der Waals surface area contributed by atoms with Gasteiger partial charge in [-0.05, 0) is 49.1 Å². The third-order valence-corrected chi connectivity index (χ3v) is 3.73. The summed E-state index contributed by atoms with van der Waals surface area (Å²) in [6.07, 6.45) is 4.29. The van der Waals surface area contributed by atoms with Gasteiger partial charge in [0.2, 0.25) is 0 Å². The van der Waals surface area contributed by atoms with Crippen molar-refractivity contribution in [2.75, 3.05) is 32.3 Å². The second-order valence-electron chi connectivity index (χ2n) is 5.14. The topological polar surface area (TPSA) is 15.3 Å². The maximum atomic E-state index is 12.6. The highest BCUT2D eigenvalue weighted by molar-refractivity contribution is 5.56. The lowest BCUT2D eigenvalue weighted by atomic mass is 9.96. The van der Waals surface area contributed by atoms with Crippen molar-refractivity contribution < 1.29 is 4.39 Å². The van der Waals surface area contributed by atoms with E-state index in [1.54, 1.807) is 0 Å². The normalized spacial score (nSPS) is 14.8. The zero-order chi connectivity index (χ0) is 15.0. The van der Waals surface area contributed by atoms with Gasteiger partial charge in [-0.1, -0.05) is 33.3 Å². The standard InChI is InChI=1S/C15H23FN2.C2H6/c1-3-4-14-9-12-5-7-18(2)8-6-13(12)10-15(14)17-11-16;1-2/h9-10,17H,3-8,11H2,1-2H3;1-2H3.